The molecular weight excluding hydrogens is 212 g/mol. The van der Waals surface area contributed by atoms with Gasteiger partial charge in [0.15, 0.2) is 0 Å². The van der Waals surface area contributed by atoms with E-state index in [1.54, 1.807) is 0 Å². The molecule has 1 rings (SSSR count). The third kappa shape index (κ3) is 6.27. The summed E-state index contributed by atoms with van der Waals surface area (Å²) in [6.45, 7) is 6.19. The fraction of sp³-hybridized carbons (Fsp3) is 1.00. The Kier molecular flexibility index (Phi) is 6.43. The van der Waals surface area contributed by atoms with Gasteiger partial charge >= 0.3 is 9.28 Å². The lowest BCUT2D eigenvalue weighted by Gasteiger charge is -2.16. The van der Waals surface area contributed by atoms with Gasteiger partial charge in [-0.15, -0.1) is 0 Å². The number of ether oxygens (including phenoxy) is 1. The Labute approximate surface area is 93.4 Å². The van der Waals surface area contributed by atoms with Gasteiger partial charge in [-0.05, 0) is 26.3 Å². The molecular formula is C10H22O4Si. The maximum atomic E-state index is 9.68. The lowest BCUT2D eigenvalue weighted by molar-refractivity contribution is 0.140. The molecule has 0 aromatic rings. The fourth-order valence-corrected chi connectivity index (χ4v) is 3.37. The SMILES string of the molecule is CCO[SiH](CCC(O)CC1CO1)OCC. The van der Waals surface area contributed by atoms with Crippen LogP contribution >= 0.6 is 0 Å². The average Bonchev–Trinajstić information content (AvgIpc) is 2.99. The van der Waals surface area contributed by atoms with E-state index in [0.717, 1.165) is 25.5 Å². The summed E-state index contributed by atoms with van der Waals surface area (Å²) < 4.78 is 16.1. The van der Waals surface area contributed by atoms with Gasteiger partial charge in [-0.1, -0.05) is 0 Å². The van der Waals surface area contributed by atoms with Crippen molar-refractivity contribution >= 4 is 9.28 Å². The summed E-state index contributed by atoms with van der Waals surface area (Å²) in [6.07, 6.45) is 1.59. The van der Waals surface area contributed by atoms with Crippen molar-refractivity contribution in [2.45, 2.75) is 44.9 Å². The van der Waals surface area contributed by atoms with Crippen LogP contribution in [0.3, 0.4) is 0 Å². The van der Waals surface area contributed by atoms with Crippen molar-refractivity contribution in [3.05, 3.63) is 0 Å². The quantitative estimate of drug-likeness (QED) is 0.474. The molecule has 0 spiro atoms. The summed E-state index contributed by atoms with van der Waals surface area (Å²) in [5.41, 5.74) is 0. The molecule has 1 aliphatic heterocycles. The van der Waals surface area contributed by atoms with Crippen molar-refractivity contribution in [1.82, 2.24) is 0 Å². The van der Waals surface area contributed by atoms with E-state index in [4.69, 9.17) is 13.6 Å². The van der Waals surface area contributed by atoms with Gasteiger partial charge in [-0.2, -0.15) is 0 Å². The molecule has 0 aromatic heterocycles. The Bertz CT molecular complexity index is 158. The molecule has 90 valence electrons. The number of rotatable bonds is 9. The number of aliphatic hydroxyl groups excluding tert-OH is 1. The number of epoxide rings is 1. The topological polar surface area (TPSA) is 51.2 Å². The molecule has 0 saturated carbocycles. The number of hydrogen-bond donors (Lipinski definition) is 1. The van der Waals surface area contributed by atoms with E-state index in [2.05, 4.69) is 0 Å². The largest absolute Gasteiger partial charge is 0.397 e. The van der Waals surface area contributed by atoms with Gasteiger partial charge in [-0.25, -0.2) is 0 Å². The second-order valence-electron chi connectivity index (χ2n) is 3.76. The zero-order valence-electron chi connectivity index (χ0n) is 9.65. The number of aliphatic hydroxyl groups is 1. The van der Waals surface area contributed by atoms with Crippen molar-refractivity contribution in [2.24, 2.45) is 0 Å². The molecule has 0 aromatic carbocycles. The van der Waals surface area contributed by atoms with Gasteiger partial charge < -0.3 is 18.7 Å². The Morgan fingerprint density at radius 1 is 1.40 bits per heavy atom. The minimum Gasteiger partial charge on any atom is -0.397 e. The first-order valence-corrected chi connectivity index (χ1v) is 7.55. The van der Waals surface area contributed by atoms with Crippen molar-refractivity contribution in [3.8, 4) is 0 Å². The second kappa shape index (κ2) is 7.35. The minimum absolute atomic E-state index is 0.256. The molecule has 5 heteroatoms. The summed E-state index contributed by atoms with van der Waals surface area (Å²) in [7, 11) is -1.52. The molecule has 1 heterocycles. The van der Waals surface area contributed by atoms with E-state index in [-0.39, 0.29) is 6.10 Å². The van der Waals surface area contributed by atoms with Gasteiger partial charge in [0, 0.05) is 19.6 Å². The molecule has 2 unspecified atom stereocenters. The molecule has 0 aliphatic carbocycles. The predicted octanol–water partition coefficient (Wildman–Crippen LogP) is 0.820. The molecule has 1 N–H and O–H groups in total. The summed E-state index contributed by atoms with van der Waals surface area (Å²) in [5.74, 6) is 0. The molecule has 1 saturated heterocycles. The lowest BCUT2D eigenvalue weighted by Crippen LogP contribution is -2.25. The number of hydrogen-bond acceptors (Lipinski definition) is 4. The van der Waals surface area contributed by atoms with E-state index >= 15 is 0 Å². The van der Waals surface area contributed by atoms with E-state index in [9.17, 15) is 5.11 Å². The van der Waals surface area contributed by atoms with Crippen LogP contribution in [0.1, 0.15) is 26.7 Å². The highest BCUT2D eigenvalue weighted by molar-refractivity contribution is 6.44. The third-order valence-corrected chi connectivity index (χ3v) is 4.59. The fourth-order valence-electron chi connectivity index (χ4n) is 1.54. The highest BCUT2D eigenvalue weighted by atomic mass is 28.3. The minimum atomic E-state index is -1.52. The highest BCUT2D eigenvalue weighted by Crippen LogP contribution is 2.18. The Morgan fingerprint density at radius 3 is 2.47 bits per heavy atom. The zero-order valence-corrected chi connectivity index (χ0v) is 10.8. The van der Waals surface area contributed by atoms with Gasteiger partial charge in [0.05, 0.1) is 18.8 Å². The summed E-state index contributed by atoms with van der Waals surface area (Å²) in [5, 5.41) is 9.68. The van der Waals surface area contributed by atoms with Crippen LogP contribution in [0.5, 0.6) is 0 Å². The van der Waals surface area contributed by atoms with E-state index < -0.39 is 9.28 Å². The van der Waals surface area contributed by atoms with E-state index in [1.807, 2.05) is 13.8 Å². The van der Waals surface area contributed by atoms with Gasteiger partial charge in [-0.3, -0.25) is 0 Å². The van der Waals surface area contributed by atoms with Crippen LogP contribution in [0.4, 0.5) is 0 Å². The normalized spacial score (nSPS) is 22.0. The molecule has 0 radical (unpaired) electrons. The predicted molar refractivity (Wildman–Crippen MR) is 60.2 cm³/mol. The average molecular weight is 234 g/mol. The van der Waals surface area contributed by atoms with Gasteiger partial charge in [0.1, 0.15) is 0 Å². The van der Waals surface area contributed by atoms with Crippen LogP contribution < -0.4 is 0 Å². The van der Waals surface area contributed by atoms with Crippen LogP contribution in [-0.4, -0.2) is 46.4 Å². The van der Waals surface area contributed by atoms with Crippen LogP contribution in [0.25, 0.3) is 0 Å². The van der Waals surface area contributed by atoms with Crippen molar-refractivity contribution in [1.29, 1.82) is 0 Å². The smallest absolute Gasteiger partial charge is 0.321 e. The molecule has 0 bridgehead atoms. The van der Waals surface area contributed by atoms with Crippen LogP contribution in [0.15, 0.2) is 0 Å². The Hall–Kier alpha value is 0.0569. The first-order chi connectivity index (χ1) is 7.26. The van der Waals surface area contributed by atoms with Crippen LogP contribution in [0, 0.1) is 0 Å². The molecule has 0 amide bonds. The summed E-state index contributed by atoms with van der Waals surface area (Å²) >= 11 is 0. The van der Waals surface area contributed by atoms with Gasteiger partial charge in [0.25, 0.3) is 0 Å². The lowest BCUT2D eigenvalue weighted by atomic mass is 10.2. The molecule has 2 atom stereocenters. The van der Waals surface area contributed by atoms with Crippen molar-refractivity contribution < 1.29 is 18.7 Å². The third-order valence-electron chi connectivity index (χ3n) is 2.38. The maximum absolute atomic E-state index is 9.68. The zero-order chi connectivity index (χ0) is 11.1. The summed E-state index contributed by atoms with van der Waals surface area (Å²) in [4.78, 5) is 0. The Morgan fingerprint density at radius 2 is 2.00 bits per heavy atom. The molecule has 1 fully saturated rings. The monoisotopic (exact) mass is 234 g/mol. The van der Waals surface area contributed by atoms with Crippen LogP contribution in [-0.2, 0) is 13.6 Å². The van der Waals surface area contributed by atoms with E-state index in [1.165, 1.54) is 0 Å². The second-order valence-corrected chi connectivity index (χ2v) is 5.87. The Balaban J connectivity index is 2.07. The standard InChI is InChI=1S/C10H22O4Si/c1-3-13-15(14-4-2)6-5-9(11)7-10-8-12-10/h9-11,15H,3-8H2,1-2H3. The van der Waals surface area contributed by atoms with Crippen molar-refractivity contribution in [3.63, 3.8) is 0 Å². The molecule has 15 heavy (non-hydrogen) atoms. The first-order valence-electron chi connectivity index (χ1n) is 5.79. The first kappa shape index (κ1) is 13.1. The maximum Gasteiger partial charge on any atom is 0.321 e. The van der Waals surface area contributed by atoms with Crippen LogP contribution in [0.2, 0.25) is 6.04 Å². The molecule has 4 nitrogen and oxygen atoms in total. The van der Waals surface area contributed by atoms with E-state index in [0.29, 0.717) is 19.3 Å². The van der Waals surface area contributed by atoms with Crippen molar-refractivity contribution in [2.75, 3.05) is 19.8 Å². The highest BCUT2D eigenvalue weighted by Gasteiger charge is 2.26. The van der Waals surface area contributed by atoms with Gasteiger partial charge in [0.2, 0.25) is 0 Å². The molecule has 1 aliphatic rings. The summed E-state index contributed by atoms with van der Waals surface area (Å²) in [6, 6.07) is 0.884.